The Morgan fingerprint density at radius 2 is 1.84 bits per heavy atom. The van der Waals surface area contributed by atoms with Crippen molar-refractivity contribution in [3.05, 3.63) is 81.2 Å². The summed E-state index contributed by atoms with van der Waals surface area (Å²) >= 11 is 6.64. The van der Waals surface area contributed by atoms with Crippen molar-refractivity contribution in [2.24, 2.45) is 0 Å². The monoisotopic (exact) mass is 451 g/mol. The van der Waals surface area contributed by atoms with Crippen LogP contribution < -0.4 is 14.8 Å². The van der Waals surface area contributed by atoms with Crippen LogP contribution in [0.3, 0.4) is 0 Å². The molecule has 6 nitrogen and oxygen atoms in total. The van der Waals surface area contributed by atoms with E-state index in [4.69, 9.17) is 25.8 Å². The highest BCUT2D eigenvalue weighted by molar-refractivity contribution is 6.32. The van der Waals surface area contributed by atoms with Gasteiger partial charge in [-0.25, -0.2) is 4.79 Å². The third-order valence-corrected chi connectivity index (χ3v) is 6.63. The van der Waals surface area contributed by atoms with E-state index in [1.165, 1.54) is 7.11 Å². The molecule has 0 aromatic heterocycles. The molecule has 2 atom stereocenters. The lowest BCUT2D eigenvalue weighted by Gasteiger charge is -2.36. The lowest BCUT2D eigenvalue weighted by molar-refractivity contribution is -0.136. The summed E-state index contributed by atoms with van der Waals surface area (Å²) in [6.45, 7) is 1.92. The van der Waals surface area contributed by atoms with Gasteiger partial charge in [0.05, 0.1) is 12.7 Å². The number of rotatable bonds is 3. The fraction of sp³-hybridized carbons (Fsp3) is 0.280. The topological polar surface area (TPSA) is 73.9 Å². The smallest absolute Gasteiger partial charge is 0.336 e. The van der Waals surface area contributed by atoms with Gasteiger partial charge in [0.1, 0.15) is 0 Å². The summed E-state index contributed by atoms with van der Waals surface area (Å²) in [6, 6.07) is 13.4. The first-order valence-electron chi connectivity index (χ1n) is 10.4. The Morgan fingerprint density at radius 3 is 2.56 bits per heavy atom. The minimum absolute atomic E-state index is 0.0137. The van der Waals surface area contributed by atoms with Crippen LogP contribution in [0.15, 0.2) is 65.0 Å². The zero-order valence-corrected chi connectivity index (χ0v) is 18.5. The van der Waals surface area contributed by atoms with E-state index in [-0.39, 0.29) is 18.5 Å². The van der Waals surface area contributed by atoms with Crippen molar-refractivity contribution in [3.8, 4) is 11.5 Å². The Bertz CT molecular complexity index is 1180. The number of ketones is 1. The molecule has 7 heteroatoms. The van der Waals surface area contributed by atoms with E-state index in [9.17, 15) is 9.59 Å². The summed E-state index contributed by atoms with van der Waals surface area (Å²) in [7, 11) is 1.33. The number of Topliss-reactive ketones (excluding diaryl/α,β-unsaturated/α-hetero) is 1. The van der Waals surface area contributed by atoms with Crippen LogP contribution in [0, 0.1) is 0 Å². The number of fused-ring (bicyclic) bond motifs is 1. The molecule has 2 aromatic carbocycles. The first-order chi connectivity index (χ1) is 15.5. The fourth-order valence-electron chi connectivity index (χ4n) is 4.85. The predicted octanol–water partition coefficient (Wildman–Crippen LogP) is 4.60. The molecule has 2 heterocycles. The molecule has 0 bridgehead atoms. The molecule has 5 rings (SSSR count). The normalized spacial score (nSPS) is 21.9. The summed E-state index contributed by atoms with van der Waals surface area (Å²) in [5.41, 5.74) is 4.14. The van der Waals surface area contributed by atoms with Gasteiger partial charge in [-0.05, 0) is 36.5 Å². The molecule has 2 aromatic rings. The second-order valence-electron chi connectivity index (χ2n) is 8.15. The molecule has 32 heavy (non-hydrogen) atoms. The van der Waals surface area contributed by atoms with Gasteiger partial charge in [0.2, 0.25) is 6.79 Å². The predicted molar refractivity (Wildman–Crippen MR) is 119 cm³/mol. The molecule has 0 unspecified atom stereocenters. The minimum atomic E-state index is -0.648. The average molecular weight is 452 g/mol. The minimum Gasteiger partial charge on any atom is -0.466 e. The van der Waals surface area contributed by atoms with Gasteiger partial charge in [0, 0.05) is 40.4 Å². The van der Waals surface area contributed by atoms with Gasteiger partial charge in [-0.3, -0.25) is 4.79 Å². The summed E-state index contributed by atoms with van der Waals surface area (Å²) < 4.78 is 16.0. The maximum atomic E-state index is 13.5. The van der Waals surface area contributed by atoms with Crippen molar-refractivity contribution < 1.29 is 23.8 Å². The average Bonchev–Trinajstić information content (AvgIpc) is 3.24. The lowest BCUT2D eigenvalue weighted by atomic mass is 9.71. The van der Waals surface area contributed by atoms with Gasteiger partial charge >= 0.3 is 5.97 Å². The van der Waals surface area contributed by atoms with Crippen LogP contribution in [-0.4, -0.2) is 25.7 Å². The van der Waals surface area contributed by atoms with Crippen LogP contribution >= 0.6 is 11.6 Å². The standard InChI is InChI=1S/C25H22ClNO5/c1-13-22(25(29)30-2)23(16-10-20-21(11-17(16)26)32-12-31-20)24-18(27-13)8-15(9-19(24)28)14-6-4-3-5-7-14/h3-7,10-11,15,23,27H,8-9,12H2,1-2H3/t15-,23-/m0/s1. The number of carbonyl (C=O) groups is 2. The highest BCUT2D eigenvalue weighted by Crippen LogP contribution is 2.49. The van der Waals surface area contributed by atoms with Crippen molar-refractivity contribution >= 4 is 23.4 Å². The molecule has 0 spiro atoms. The first-order valence-corrected chi connectivity index (χ1v) is 10.8. The summed E-state index contributed by atoms with van der Waals surface area (Å²) in [5.74, 6) is -0.0163. The van der Waals surface area contributed by atoms with E-state index >= 15 is 0 Å². The fourth-order valence-corrected chi connectivity index (χ4v) is 5.11. The van der Waals surface area contributed by atoms with Gasteiger partial charge in [-0.15, -0.1) is 0 Å². The maximum Gasteiger partial charge on any atom is 0.336 e. The molecule has 1 aliphatic carbocycles. The van der Waals surface area contributed by atoms with Crippen molar-refractivity contribution in [2.75, 3.05) is 13.9 Å². The molecule has 0 radical (unpaired) electrons. The number of esters is 1. The molecule has 0 saturated carbocycles. The van der Waals surface area contributed by atoms with E-state index in [1.807, 2.05) is 37.3 Å². The summed E-state index contributed by atoms with van der Waals surface area (Å²) in [6.07, 6.45) is 1.02. The number of methoxy groups -OCH3 is 1. The molecule has 0 amide bonds. The van der Waals surface area contributed by atoms with E-state index < -0.39 is 11.9 Å². The largest absolute Gasteiger partial charge is 0.466 e. The third-order valence-electron chi connectivity index (χ3n) is 6.31. The summed E-state index contributed by atoms with van der Waals surface area (Å²) in [5, 5.41) is 3.73. The van der Waals surface area contributed by atoms with Gasteiger partial charge in [0.15, 0.2) is 17.3 Å². The van der Waals surface area contributed by atoms with Crippen LogP contribution in [-0.2, 0) is 14.3 Å². The first kappa shape index (κ1) is 20.6. The van der Waals surface area contributed by atoms with Gasteiger partial charge < -0.3 is 19.5 Å². The number of dihydropyridines is 1. The third kappa shape index (κ3) is 3.35. The van der Waals surface area contributed by atoms with Gasteiger partial charge in [-0.2, -0.15) is 0 Å². The van der Waals surface area contributed by atoms with Gasteiger partial charge in [-0.1, -0.05) is 41.9 Å². The zero-order chi connectivity index (χ0) is 22.4. The Labute approximate surface area is 190 Å². The number of carbonyl (C=O) groups excluding carboxylic acids is 2. The van der Waals surface area contributed by atoms with E-state index in [2.05, 4.69) is 5.32 Å². The number of nitrogens with one attached hydrogen (secondary N) is 1. The van der Waals surface area contributed by atoms with E-state index in [0.29, 0.717) is 51.8 Å². The maximum absolute atomic E-state index is 13.5. The SMILES string of the molecule is COC(=O)C1=C(C)NC2=C(C(=O)C[C@@H](c3ccccc3)C2)[C@H]1c1cc2c(cc1Cl)OCO2. The number of hydrogen-bond donors (Lipinski definition) is 1. The van der Waals surface area contributed by atoms with Crippen LogP contribution in [0.2, 0.25) is 5.02 Å². The Balaban J connectivity index is 1.65. The van der Waals surface area contributed by atoms with Crippen LogP contribution in [0.1, 0.15) is 42.7 Å². The van der Waals surface area contributed by atoms with E-state index in [0.717, 1.165) is 11.3 Å². The molecular weight excluding hydrogens is 430 g/mol. The van der Waals surface area contributed by atoms with Crippen molar-refractivity contribution in [1.82, 2.24) is 5.32 Å². The Hall–Kier alpha value is -3.25. The van der Waals surface area contributed by atoms with Crippen LogP contribution in [0.4, 0.5) is 0 Å². The molecule has 1 N–H and O–H groups in total. The molecule has 0 saturated heterocycles. The number of hydrogen-bond acceptors (Lipinski definition) is 6. The zero-order valence-electron chi connectivity index (χ0n) is 17.7. The van der Waals surface area contributed by atoms with Crippen molar-refractivity contribution in [2.45, 2.75) is 31.6 Å². The van der Waals surface area contributed by atoms with Crippen LogP contribution in [0.5, 0.6) is 11.5 Å². The molecular formula is C25H22ClNO5. The van der Waals surface area contributed by atoms with Crippen LogP contribution in [0.25, 0.3) is 0 Å². The second kappa shape index (κ2) is 8.02. The number of allylic oxidation sites excluding steroid dienone is 3. The molecule has 164 valence electrons. The van der Waals surface area contributed by atoms with E-state index in [1.54, 1.807) is 12.1 Å². The number of benzene rings is 2. The molecule has 2 aliphatic heterocycles. The highest BCUT2D eigenvalue weighted by Gasteiger charge is 2.42. The molecule has 0 fully saturated rings. The quantitative estimate of drug-likeness (QED) is 0.687. The lowest BCUT2D eigenvalue weighted by Crippen LogP contribution is -2.36. The second-order valence-corrected chi connectivity index (χ2v) is 8.55. The van der Waals surface area contributed by atoms with Crippen molar-refractivity contribution in [1.29, 1.82) is 0 Å². The Morgan fingerprint density at radius 1 is 1.12 bits per heavy atom. The number of ether oxygens (including phenoxy) is 3. The van der Waals surface area contributed by atoms with Crippen molar-refractivity contribution in [3.63, 3.8) is 0 Å². The molecule has 3 aliphatic rings. The highest BCUT2D eigenvalue weighted by atomic mass is 35.5. The summed E-state index contributed by atoms with van der Waals surface area (Å²) in [4.78, 5) is 26.4. The Kier molecular flexibility index (Phi) is 5.18. The number of halogens is 1. The van der Waals surface area contributed by atoms with Gasteiger partial charge in [0.25, 0.3) is 0 Å².